The summed E-state index contributed by atoms with van der Waals surface area (Å²) >= 11 is 1.75. The minimum absolute atomic E-state index is 0.241. The lowest BCUT2D eigenvalue weighted by Crippen LogP contribution is -2.51. The number of nitrogens with one attached hydrogen (secondary N) is 1. The Balaban J connectivity index is 2.06. The smallest absolute Gasteiger partial charge is 0.164 e. The number of thioether (sulfide) groups is 1. The fourth-order valence-corrected chi connectivity index (χ4v) is 5.63. The average Bonchev–Trinajstić information content (AvgIpc) is 2.64. The molecular weight excluding hydrogens is 256 g/mol. The Bertz CT molecular complexity index is 364. The Hall–Kier alpha value is 0.220. The predicted octanol–water partition coefficient (Wildman–Crippen LogP) is 0.406. The minimum Gasteiger partial charge on any atom is -0.316 e. The Morgan fingerprint density at radius 2 is 2.29 bits per heavy atom. The van der Waals surface area contributed by atoms with Crippen LogP contribution in [-0.2, 0) is 9.84 Å². The van der Waals surface area contributed by atoms with E-state index in [2.05, 4.69) is 17.1 Å². The molecule has 2 atom stereocenters. The van der Waals surface area contributed by atoms with Crippen LogP contribution < -0.4 is 5.32 Å². The Morgan fingerprint density at radius 3 is 2.88 bits per heavy atom. The zero-order valence-corrected chi connectivity index (χ0v) is 12.2. The van der Waals surface area contributed by atoms with E-state index in [9.17, 15) is 8.42 Å². The van der Waals surface area contributed by atoms with Gasteiger partial charge in [-0.2, -0.15) is 11.8 Å². The van der Waals surface area contributed by atoms with Crippen molar-refractivity contribution >= 4 is 21.6 Å². The normalized spacial score (nSPS) is 36.2. The summed E-state index contributed by atoms with van der Waals surface area (Å²) in [6.45, 7) is 6.13. The molecule has 0 aliphatic carbocycles. The van der Waals surface area contributed by atoms with Crippen LogP contribution in [0, 0.1) is 5.41 Å². The van der Waals surface area contributed by atoms with Crippen LogP contribution in [0.4, 0.5) is 0 Å². The minimum atomic E-state index is -2.96. The molecule has 2 heterocycles. The molecule has 0 aromatic heterocycles. The molecule has 2 aliphatic heterocycles. The first-order chi connectivity index (χ1) is 7.91. The molecule has 2 unspecified atom stereocenters. The van der Waals surface area contributed by atoms with Crippen molar-refractivity contribution < 1.29 is 8.42 Å². The zero-order chi connectivity index (χ0) is 12.5. The molecule has 0 radical (unpaired) electrons. The van der Waals surface area contributed by atoms with Gasteiger partial charge in [0.05, 0.1) is 0 Å². The van der Waals surface area contributed by atoms with E-state index >= 15 is 0 Å². The van der Waals surface area contributed by atoms with Gasteiger partial charge in [0.25, 0.3) is 0 Å². The van der Waals surface area contributed by atoms with Crippen molar-refractivity contribution in [2.45, 2.75) is 18.7 Å². The van der Waals surface area contributed by atoms with Crippen molar-refractivity contribution in [3.63, 3.8) is 0 Å². The van der Waals surface area contributed by atoms with Crippen LogP contribution in [-0.4, -0.2) is 62.6 Å². The summed E-state index contributed by atoms with van der Waals surface area (Å²) in [7, 11) is -2.96. The van der Waals surface area contributed by atoms with E-state index in [0.29, 0.717) is 0 Å². The molecule has 4 nitrogen and oxygen atoms in total. The number of hydrogen-bond acceptors (Lipinski definition) is 5. The van der Waals surface area contributed by atoms with Crippen molar-refractivity contribution in [2.75, 3.05) is 43.9 Å². The van der Waals surface area contributed by atoms with Crippen LogP contribution in [0.1, 0.15) is 13.3 Å². The summed E-state index contributed by atoms with van der Waals surface area (Å²) < 4.78 is 23.6. The first-order valence-corrected chi connectivity index (χ1v) is 9.23. The van der Waals surface area contributed by atoms with Crippen LogP contribution in [0.15, 0.2) is 0 Å². The molecule has 100 valence electrons. The quantitative estimate of drug-likeness (QED) is 0.810. The molecule has 0 saturated carbocycles. The van der Waals surface area contributed by atoms with Gasteiger partial charge in [0.2, 0.25) is 0 Å². The van der Waals surface area contributed by atoms with Gasteiger partial charge in [0.1, 0.15) is 5.37 Å². The second-order valence-electron chi connectivity index (χ2n) is 5.57. The Labute approximate surface area is 108 Å². The summed E-state index contributed by atoms with van der Waals surface area (Å²) in [4.78, 5) is 2.18. The maximum atomic E-state index is 11.8. The molecular formula is C11H22N2O2S2. The highest BCUT2D eigenvalue weighted by Crippen LogP contribution is 2.29. The van der Waals surface area contributed by atoms with E-state index in [1.807, 2.05) is 0 Å². The SMILES string of the molecule is CC1(CN2CCSCC2S(C)(=O)=O)CCNC1. The lowest BCUT2D eigenvalue weighted by molar-refractivity contribution is 0.174. The van der Waals surface area contributed by atoms with Crippen molar-refractivity contribution in [2.24, 2.45) is 5.41 Å². The summed E-state index contributed by atoms with van der Waals surface area (Å²) in [6.07, 6.45) is 2.51. The van der Waals surface area contributed by atoms with E-state index in [1.165, 1.54) is 6.26 Å². The van der Waals surface area contributed by atoms with Gasteiger partial charge in [0, 0.05) is 37.4 Å². The summed E-state index contributed by atoms with van der Waals surface area (Å²) in [5, 5.41) is 3.10. The summed E-state index contributed by atoms with van der Waals surface area (Å²) in [5.41, 5.74) is 0.241. The molecule has 0 aromatic carbocycles. The van der Waals surface area contributed by atoms with Crippen LogP contribution in [0.5, 0.6) is 0 Å². The van der Waals surface area contributed by atoms with E-state index in [-0.39, 0.29) is 10.8 Å². The largest absolute Gasteiger partial charge is 0.316 e. The average molecular weight is 278 g/mol. The van der Waals surface area contributed by atoms with Crippen molar-refractivity contribution in [1.29, 1.82) is 0 Å². The first-order valence-electron chi connectivity index (χ1n) is 6.12. The molecule has 1 N–H and O–H groups in total. The second kappa shape index (κ2) is 5.07. The molecule has 6 heteroatoms. The molecule has 2 aliphatic rings. The maximum absolute atomic E-state index is 11.8. The lowest BCUT2D eigenvalue weighted by Gasteiger charge is -2.39. The number of nitrogens with zero attached hydrogens (tertiary/aromatic N) is 1. The summed E-state index contributed by atoms with van der Waals surface area (Å²) in [6, 6.07) is 0. The fourth-order valence-electron chi connectivity index (χ4n) is 2.68. The maximum Gasteiger partial charge on any atom is 0.164 e. The number of sulfone groups is 1. The van der Waals surface area contributed by atoms with Crippen molar-refractivity contribution in [3.05, 3.63) is 0 Å². The van der Waals surface area contributed by atoms with Crippen LogP contribution in [0.25, 0.3) is 0 Å². The van der Waals surface area contributed by atoms with Crippen LogP contribution >= 0.6 is 11.8 Å². The molecule has 17 heavy (non-hydrogen) atoms. The molecule has 0 aromatic rings. The van der Waals surface area contributed by atoms with Crippen molar-refractivity contribution in [1.82, 2.24) is 10.2 Å². The second-order valence-corrected chi connectivity index (χ2v) is 8.92. The molecule has 2 rings (SSSR count). The molecule has 2 saturated heterocycles. The summed E-state index contributed by atoms with van der Waals surface area (Å²) in [5.74, 6) is 1.78. The Kier molecular flexibility index (Phi) is 4.07. The van der Waals surface area contributed by atoms with E-state index in [4.69, 9.17) is 0 Å². The monoisotopic (exact) mass is 278 g/mol. The highest BCUT2D eigenvalue weighted by Gasteiger charge is 2.37. The third kappa shape index (κ3) is 3.36. The third-order valence-electron chi connectivity index (χ3n) is 3.73. The highest BCUT2D eigenvalue weighted by molar-refractivity contribution is 8.00. The van der Waals surface area contributed by atoms with Crippen LogP contribution in [0.3, 0.4) is 0 Å². The highest BCUT2D eigenvalue weighted by atomic mass is 32.2. The van der Waals surface area contributed by atoms with Gasteiger partial charge < -0.3 is 5.32 Å². The van der Waals surface area contributed by atoms with E-state index < -0.39 is 9.84 Å². The molecule has 2 fully saturated rings. The number of hydrogen-bond donors (Lipinski definition) is 1. The van der Waals surface area contributed by atoms with Crippen molar-refractivity contribution in [3.8, 4) is 0 Å². The van der Waals surface area contributed by atoms with Crippen LogP contribution in [0.2, 0.25) is 0 Å². The van der Waals surface area contributed by atoms with Gasteiger partial charge in [-0.3, -0.25) is 4.90 Å². The predicted molar refractivity (Wildman–Crippen MR) is 73.1 cm³/mol. The van der Waals surface area contributed by atoms with Gasteiger partial charge in [-0.05, 0) is 18.4 Å². The standard InChI is InChI=1S/C11H22N2O2S2/c1-11(3-4-12-8-11)9-13-5-6-16-7-10(13)17(2,14)15/h10,12H,3-9H2,1-2H3. The fraction of sp³-hybridized carbons (Fsp3) is 1.00. The van der Waals surface area contributed by atoms with E-state index in [1.54, 1.807) is 11.8 Å². The lowest BCUT2D eigenvalue weighted by atomic mass is 9.89. The number of rotatable bonds is 3. The zero-order valence-electron chi connectivity index (χ0n) is 10.6. The van der Waals surface area contributed by atoms with Gasteiger partial charge >= 0.3 is 0 Å². The molecule has 0 amide bonds. The molecule has 0 spiro atoms. The third-order valence-corrected chi connectivity index (χ3v) is 6.41. The van der Waals surface area contributed by atoms with Gasteiger partial charge in [-0.1, -0.05) is 6.92 Å². The first kappa shape index (κ1) is 13.6. The Morgan fingerprint density at radius 1 is 1.53 bits per heavy atom. The van der Waals surface area contributed by atoms with E-state index in [0.717, 1.165) is 44.1 Å². The van der Waals surface area contributed by atoms with Gasteiger partial charge in [0.15, 0.2) is 9.84 Å². The van der Waals surface area contributed by atoms with Gasteiger partial charge in [-0.15, -0.1) is 0 Å². The van der Waals surface area contributed by atoms with Gasteiger partial charge in [-0.25, -0.2) is 8.42 Å². The topological polar surface area (TPSA) is 49.4 Å². The molecule has 0 bridgehead atoms.